The number of alkyl carbamates (subject to hydrolysis) is 1. The second-order valence-electron chi connectivity index (χ2n) is 7.61. The van der Waals surface area contributed by atoms with Crippen LogP contribution in [0.4, 0.5) is 4.79 Å². The number of carbonyl (C=O) groups is 4. The Morgan fingerprint density at radius 3 is 2.42 bits per heavy atom. The van der Waals surface area contributed by atoms with Crippen molar-refractivity contribution in [3.05, 3.63) is 47.8 Å². The Bertz CT molecular complexity index is 803. The molecule has 1 aromatic rings. The zero-order chi connectivity index (χ0) is 22.6. The Kier molecular flexibility index (Phi) is 9.54. The monoisotopic (exact) mass is 430 g/mol. The van der Waals surface area contributed by atoms with Gasteiger partial charge in [-0.3, -0.25) is 14.4 Å². The third-order valence-corrected chi connectivity index (χ3v) is 5.06. The summed E-state index contributed by atoms with van der Waals surface area (Å²) in [6.07, 6.45) is 5.96. The fourth-order valence-electron chi connectivity index (χ4n) is 3.46. The highest BCUT2D eigenvalue weighted by molar-refractivity contribution is 5.98. The van der Waals surface area contributed by atoms with E-state index in [9.17, 15) is 19.2 Å². The van der Waals surface area contributed by atoms with Gasteiger partial charge in [0.2, 0.25) is 11.8 Å². The lowest BCUT2D eigenvalue weighted by molar-refractivity contribution is -0.125. The number of hydrogen-bond donors (Lipinski definition) is 4. The zero-order valence-electron chi connectivity index (χ0n) is 17.7. The predicted molar refractivity (Wildman–Crippen MR) is 114 cm³/mol. The predicted octanol–water partition coefficient (Wildman–Crippen LogP) is 1.83. The van der Waals surface area contributed by atoms with Crippen molar-refractivity contribution in [2.75, 3.05) is 0 Å². The van der Waals surface area contributed by atoms with Gasteiger partial charge in [0.25, 0.3) is 5.91 Å². The van der Waals surface area contributed by atoms with E-state index in [2.05, 4.69) is 16.0 Å². The minimum absolute atomic E-state index is 0.0689. The van der Waals surface area contributed by atoms with Crippen molar-refractivity contribution >= 4 is 23.8 Å². The van der Waals surface area contributed by atoms with Crippen LogP contribution in [0.1, 0.15) is 51.0 Å². The Balaban J connectivity index is 2.04. The van der Waals surface area contributed by atoms with Gasteiger partial charge in [-0.25, -0.2) is 4.79 Å². The molecule has 31 heavy (non-hydrogen) atoms. The fourth-order valence-corrected chi connectivity index (χ4v) is 3.46. The molecule has 2 rings (SSSR count). The molecule has 1 fully saturated rings. The SMILES string of the molecule is CC(=O)N/C=C(/NC(=O)C(CC1CCCCC1)NC(=O)OCc1ccccc1)C(N)=O. The first kappa shape index (κ1) is 23.9. The third-order valence-electron chi connectivity index (χ3n) is 5.06. The van der Waals surface area contributed by atoms with Crippen molar-refractivity contribution in [3.8, 4) is 0 Å². The molecule has 0 heterocycles. The van der Waals surface area contributed by atoms with Crippen LogP contribution in [0.25, 0.3) is 0 Å². The van der Waals surface area contributed by atoms with Crippen LogP contribution in [0.5, 0.6) is 0 Å². The molecule has 0 saturated heterocycles. The smallest absolute Gasteiger partial charge is 0.408 e. The molecule has 5 N–H and O–H groups in total. The van der Waals surface area contributed by atoms with Gasteiger partial charge in [-0.05, 0) is 17.9 Å². The Morgan fingerprint density at radius 2 is 1.81 bits per heavy atom. The lowest BCUT2D eigenvalue weighted by Gasteiger charge is -2.26. The average Bonchev–Trinajstić information content (AvgIpc) is 2.75. The largest absolute Gasteiger partial charge is 0.445 e. The quantitative estimate of drug-likeness (QED) is 0.443. The normalized spacial score (nSPS) is 15.5. The van der Waals surface area contributed by atoms with Crippen molar-refractivity contribution in [2.45, 2.75) is 58.1 Å². The van der Waals surface area contributed by atoms with E-state index >= 15 is 0 Å². The molecule has 9 nitrogen and oxygen atoms in total. The summed E-state index contributed by atoms with van der Waals surface area (Å²) in [6.45, 7) is 1.33. The molecule has 168 valence electrons. The van der Waals surface area contributed by atoms with Crippen LogP contribution in [-0.2, 0) is 25.7 Å². The number of primary amides is 1. The lowest BCUT2D eigenvalue weighted by atomic mass is 9.84. The van der Waals surface area contributed by atoms with Crippen molar-refractivity contribution in [1.29, 1.82) is 0 Å². The summed E-state index contributed by atoms with van der Waals surface area (Å²) < 4.78 is 5.24. The average molecular weight is 431 g/mol. The van der Waals surface area contributed by atoms with Crippen LogP contribution < -0.4 is 21.7 Å². The minimum atomic E-state index is -0.912. The van der Waals surface area contributed by atoms with E-state index in [0.717, 1.165) is 43.9 Å². The van der Waals surface area contributed by atoms with Gasteiger partial charge < -0.3 is 26.4 Å². The molecule has 1 aromatic carbocycles. The van der Waals surface area contributed by atoms with E-state index in [1.54, 1.807) is 0 Å². The molecule has 0 spiro atoms. The van der Waals surface area contributed by atoms with E-state index in [1.807, 2.05) is 30.3 Å². The molecule has 0 aliphatic heterocycles. The summed E-state index contributed by atoms with van der Waals surface area (Å²) in [5.41, 5.74) is 5.83. The van der Waals surface area contributed by atoms with E-state index in [0.29, 0.717) is 6.42 Å². The first-order valence-corrected chi connectivity index (χ1v) is 10.4. The number of amides is 4. The Hall–Kier alpha value is -3.36. The first-order valence-electron chi connectivity index (χ1n) is 10.4. The standard InChI is InChI=1S/C22H30N4O5/c1-15(27)24-13-19(20(23)28)25-21(29)18(12-16-8-4-2-5-9-16)26-22(30)31-14-17-10-6-3-7-11-17/h3,6-7,10-11,13,16,18H,2,4-5,8-9,12,14H2,1H3,(H2,23,28)(H,24,27)(H,25,29)(H,26,30)/b19-13+. The van der Waals surface area contributed by atoms with Crippen LogP contribution >= 0.6 is 0 Å². The molecule has 1 aliphatic rings. The van der Waals surface area contributed by atoms with Gasteiger partial charge in [-0.1, -0.05) is 62.4 Å². The summed E-state index contributed by atoms with van der Waals surface area (Å²) in [7, 11) is 0. The first-order chi connectivity index (χ1) is 14.8. The molecule has 1 atom stereocenters. The van der Waals surface area contributed by atoms with E-state index < -0.39 is 29.9 Å². The molecule has 4 amide bonds. The number of rotatable bonds is 9. The van der Waals surface area contributed by atoms with Crippen molar-refractivity contribution in [2.24, 2.45) is 11.7 Å². The van der Waals surface area contributed by atoms with Crippen LogP contribution in [-0.4, -0.2) is 29.9 Å². The molecule has 1 saturated carbocycles. The molecule has 1 unspecified atom stereocenters. The second kappa shape index (κ2) is 12.4. The molecular formula is C22H30N4O5. The number of hydrogen-bond acceptors (Lipinski definition) is 5. The highest BCUT2D eigenvalue weighted by Crippen LogP contribution is 2.27. The third kappa shape index (κ3) is 8.90. The van der Waals surface area contributed by atoms with Gasteiger partial charge in [-0.2, -0.15) is 0 Å². The molecule has 0 aromatic heterocycles. The van der Waals surface area contributed by atoms with Gasteiger partial charge in [-0.15, -0.1) is 0 Å². The summed E-state index contributed by atoms with van der Waals surface area (Å²) in [4.78, 5) is 47.9. The maximum absolute atomic E-state index is 12.8. The van der Waals surface area contributed by atoms with Gasteiger partial charge in [0, 0.05) is 13.1 Å². The summed E-state index contributed by atoms with van der Waals surface area (Å²) in [6, 6.07) is 8.27. The van der Waals surface area contributed by atoms with E-state index in [4.69, 9.17) is 10.5 Å². The lowest BCUT2D eigenvalue weighted by Crippen LogP contribution is -2.49. The highest BCUT2D eigenvalue weighted by atomic mass is 16.5. The maximum atomic E-state index is 12.8. The van der Waals surface area contributed by atoms with E-state index in [-0.39, 0.29) is 18.2 Å². The number of ether oxygens (including phenoxy) is 1. The van der Waals surface area contributed by atoms with Crippen LogP contribution in [0.2, 0.25) is 0 Å². The van der Waals surface area contributed by atoms with Crippen molar-refractivity contribution in [1.82, 2.24) is 16.0 Å². The van der Waals surface area contributed by atoms with Gasteiger partial charge in [0.05, 0.1) is 0 Å². The Labute approximate surface area is 181 Å². The van der Waals surface area contributed by atoms with Crippen molar-refractivity contribution in [3.63, 3.8) is 0 Å². The van der Waals surface area contributed by atoms with Crippen LogP contribution in [0.15, 0.2) is 42.2 Å². The highest BCUT2D eigenvalue weighted by Gasteiger charge is 2.27. The number of nitrogens with one attached hydrogen (secondary N) is 3. The Morgan fingerprint density at radius 1 is 1.13 bits per heavy atom. The molecule has 9 heteroatoms. The summed E-state index contributed by atoms with van der Waals surface area (Å²) in [5.74, 6) is -1.66. The number of nitrogens with two attached hydrogens (primary N) is 1. The molecule has 1 aliphatic carbocycles. The van der Waals surface area contributed by atoms with Crippen molar-refractivity contribution < 1.29 is 23.9 Å². The van der Waals surface area contributed by atoms with E-state index in [1.165, 1.54) is 6.92 Å². The molecular weight excluding hydrogens is 400 g/mol. The van der Waals surface area contributed by atoms with Gasteiger partial charge >= 0.3 is 6.09 Å². The second-order valence-corrected chi connectivity index (χ2v) is 7.61. The zero-order valence-corrected chi connectivity index (χ0v) is 17.7. The molecule has 0 radical (unpaired) electrons. The van der Waals surface area contributed by atoms with Gasteiger partial charge in [0.15, 0.2) is 0 Å². The summed E-state index contributed by atoms with van der Waals surface area (Å²) in [5, 5.41) is 7.31. The van der Waals surface area contributed by atoms with Gasteiger partial charge in [0.1, 0.15) is 18.3 Å². The maximum Gasteiger partial charge on any atom is 0.408 e. The topological polar surface area (TPSA) is 140 Å². The number of benzene rings is 1. The fraction of sp³-hybridized carbons (Fsp3) is 0.455. The summed E-state index contributed by atoms with van der Waals surface area (Å²) >= 11 is 0. The number of carbonyl (C=O) groups excluding carboxylic acids is 4. The minimum Gasteiger partial charge on any atom is -0.445 e. The molecule has 0 bridgehead atoms. The van der Waals surface area contributed by atoms with Crippen LogP contribution in [0, 0.1) is 5.92 Å². The van der Waals surface area contributed by atoms with Crippen LogP contribution in [0.3, 0.4) is 0 Å².